The number of H-pyrrole nitrogens is 1. The minimum Gasteiger partial charge on any atom is -0.408 e. The fourth-order valence-corrected chi connectivity index (χ4v) is 4.44. The minimum absolute atomic E-state index is 0.259. The molecule has 0 saturated carbocycles. The van der Waals surface area contributed by atoms with Crippen molar-refractivity contribution in [1.29, 1.82) is 0 Å². The second kappa shape index (κ2) is 8.03. The molecule has 172 valence electrons. The number of nitrogens with one attached hydrogen (secondary N) is 3. The number of amides is 1. The summed E-state index contributed by atoms with van der Waals surface area (Å²) >= 11 is 6.15. The lowest BCUT2D eigenvalue weighted by molar-refractivity contribution is -0.110. The summed E-state index contributed by atoms with van der Waals surface area (Å²) in [6.45, 7) is 0. The van der Waals surface area contributed by atoms with Crippen LogP contribution in [0.5, 0.6) is 0 Å². The third kappa shape index (κ3) is 3.70. The van der Waals surface area contributed by atoms with Crippen molar-refractivity contribution in [3.05, 3.63) is 99.8 Å². The lowest BCUT2D eigenvalue weighted by atomic mass is 9.99. The molecule has 0 bridgehead atoms. The van der Waals surface area contributed by atoms with E-state index in [4.69, 9.17) is 16.0 Å². The van der Waals surface area contributed by atoms with Crippen molar-refractivity contribution >= 4 is 51.3 Å². The summed E-state index contributed by atoms with van der Waals surface area (Å²) in [6, 6.07) is 18.4. The van der Waals surface area contributed by atoms with E-state index in [2.05, 4.69) is 20.6 Å². The number of hydrogen-bond acceptors (Lipinski definition) is 5. The van der Waals surface area contributed by atoms with Gasteiger partial charge in [-0.1, -0.05) is 23.7 Å². The second-order valence-corrected chi connectivity index (χ2v) is 8.62. The van der Waals surface area contributed by atoms with Gasteiger partial charge in [-0.3, -0.25) is 9.78 Å². The molecule has 0 aliphatic carbocycles. The second-order valence-electron chi connectivity index (χ2n) is 8.18. The molecule has 0 fully saturated rings. The number of halogens is 1. The topological polar surface area (TPSA) is 105 Å². The number of carbonyl (C=O) groups excluding carboxylic acids is 1. The maximum Gasteiger partial charge on any atom is 0.417 e. The third-order valence-corrected chi connectivity index (χ3v) is 6.15. The Hall–Kier alpha value is -4.56. The lowest BCUT2D eigenvalue weighted by Gasteiger charge is -2.15. The van der Waals surface area contributed by atoms with E-state index in [1.165, 1.54) is 0 Å². The Bertz CT molecular complexity index is 1710. The molecule has 35 heavy (non-hydrogen) atoms. The van der Waals surface area contributed by atoms with E-state index in [1.807, 2.05) is 54.2 Å². The predicted molar refractivity (Wildman–Crippen MR) is 136 cm³/mol. The molecule has 9 heteroatoms. The van der Waals surface area contributed by atoms with Gasteiger partial charge in [-0.25, -0.2) is 9.78 Å². The Kier molecular flexibility index (Phi) is 4.82. The molecule has 0 unspecified atom stereocenters. The molecule has 0 saturated heterocycles. The highest BCUT2D eigenvalue weighted by Crippen LogP contribution is 2.39. The minimum atomic E-state index is -0.539. The molecule has 3 aromatic carbocycles. The highest BCUT2D eigenvalue weighted by molar-refractivity contribution is 6.38. The monoisotopic (exact) mass is 483 g/mol. The van der Waals surface area contributed by atoms with Crippen LogP contribution in [-0.2, 0) is 11.8 Å². The van der Waals surface area contributed by atoms with Gasteiger partial charge in [-0.15, -0.1) is 0 Å². The highest BCUT2D eigenvalue weighted by Gasteiger charge is 2.29. The van der Waals surface area contributed by atoms with Crippen LogP contribution >= 0.6 is 11.6 Å². The Morgan fingerprint density at radius 2 is 1.89 bits per heavy atom. The zero-order chi connectivity index (χ0) is 24.1. The van der Waals surface area contributed by atoms with Gasteiger partial charge in [0.1, 0.15) is 5.82 Å². The van der Waals surface area contributed by atoms with Crippen molar-refractivity contribution in [2.24, 2.45) is 7.05 Å². The fourth-order valence-electron chi connectivity index (χ4n) is 4.26. The van der Waals surface area contributed by atoms with Gasteiger partial charge in [-0.2, -0.15) is 0 Å². The average Bonchev–Trinajstić information content (AvgIpc) is 3.52. The summed E-state index contributed by atoms with van der Waals surface area (Å²) in [4.78, 5) is 31.8. The summed E-state index contributed by atoms with van der Waals surface area (Å²) in [5.41, 5.74) is 5.78. The SMILES string of the molecule is Cn1ccnc1-c1ccc(N/C(=C2\C(=O)Nc3cc(Cl)ccc32)c2ccc3[nH]c(=O)oc3c2)cc1. The molecule has 1 aliphatic rings. The van der Waals surface area contributed by atoms with Crippen molar-refractivity contribution in [3.63, 3.8) is 0 Å². The number of benzene rings is 3. The van der Waals surface area contributed by atoms with Gasteiger partial charge in [0.25, 0.3) is 5.91 Å². The zero-order valence-electron chi connectivity index (χ0n) is 18.4. The molecule has 5 aromatic rings. The maximum absolute atomic E-state index is 13.1. The normalized spacial score (nSPS) is 14.2. The quantitative estimate of drug-likeness (QED) is 0.308. The molecule has 0 radical (unpaired) electrons. The van der Waals surface area contributed by atoms with Crippen molar-refractivity contribution < 1.29 is 9.21 Å². The number of imidazole rings is 1. The number of carbonyl (C=O) groups is 1. The maximum atomic E-state index is 13.1. The van der Waals surface area contributed by atoms with E-state index in [1.54, 1.807) is 30.5 Å². The Balaban J connectivity index is 1.49. The Morgan fingerprint density at radius 3 is 2.66 bits per heavy atom. The summed E-state index contributed by atoms with van der Waals surface area (Å²) < 4.78 is 7.21. The Labute approximate surface area is 203 Å². The first-order valence-corrected chi connectivity index (χ1v) is 11.2. The first-order chi connectivity index (χ1) is 17.0. The van der Waals surface area contributed by atoms with Crippen LogP contribution in [0, 0.1) is 0 Å². The van der Waals surface area contributed by atoms with Gasteiger partial charge in [-0.05, 0) is 48.5 Å². The zero-order valence-corrected chi connectivity index (χ0v) is 19.2. The largest absolute Gasteiger partial charge is 0.417 e. The molecule has 1 amide bonds. The number of aryl methyl sites for hydroxylation is 1. The summed E-state index contributed by atoms with van der Waals surface area (Å²) in [5, 5.41) is 6.83. The van der Waals surface area contributed by atoms with Crippen molar-refractivity contribution in [1.82, 2.24) is 14.5 Å². The smallest absolute Gasteiger partial charge is 0.408 e. The lowest BCUT2D eigenvalue weighted by Crippen LogP contribution is -2.10. The van der Waals surface area contributed by atoms with Gasteiger partial charge in [0.2, 0.25) is 0 Å². The van der Waals surface area contributed by atoms with E-state index in [9.17, 15) is 9.59 Å². The highest BCUT2D eigenvalue weighted by atomic mass is 35.5. The van der Waals surface area contributed by atoms with Gasteiger partial charge < -0.3 is 19.6 Å². The predicted octanol–water partition coefficient (Wildman–Crippen LogP) is 5.11. The molecule has 0 atom stereocenters. The van der Waals surface area contributed by atoms with Crippen LogP contribution in [0.1, 0.15) is 11.1 Å². The van der Waals surface area contributed by atoms with Crippen LogP contribution in [0.2, 0.25) is 5.02 Å². The van der Waals surface area contributed by atoms with Crippen LogP contribution in [0.25, 0.3) is 33.8 Å². The number of aromatic nitrogens is 3. The van der Waals surface area contributed by atoms with Gasteiger partial charge in [0.05, 0.1) is 22.5 Å². The van der Waals surface area contributed by atoms with Gasteiger partial charge >= 0.3 is 5.76 Å². The summed E-state index contributed by atoms with van der Waals surface area (Å²) in [5.74, 6) is 0.0526. The van der Waals surface area contributed by atoms with Gasteiger partial charge in [0, 0.05) is 46.8 Å². The molecule has 0 spiro atoms. The number of rotatable bonds is 4. The number of hydrogen-bond donors (Lipinski definition) is 3. The van der Waals surface area contributed by atoms with E-state index >= 15 is 0 Å². The van der Waals surface area contributed by atoms with Crippen LogP contribution in [-0.4, -0.2) is 20.4 Å². The molecule has 8 nitrogen and oxygen atoms in total. The first-order valence-electron chi connectivity index (χ1n) is 10.8. The standard InChI is InChI=1S/C26H18ClN5O3/c1-32-11-10-28-24(32)14-2-6-17(7-3-14)29-23(15-4-9-19-21(12-15)35-26(34)31-19)22-18-8-5-16(27)13-20(18)30-25(22)33/h2-13,29H,1H3,(H,30,33)(H,31,34)/b23-22-. The first kappa shape index (κ1) is 21.0. The van der Waals surface area contributed by atoms with E-state index < -0.39 is 5.76 Å². The average molecular weight is 484 g/mol. The molecule has 2 aromatic heterocycles. The van der Waals surface area contributed by atoms with Crippen molar-refractivity contribution in [3.8, 4) is 11.4 Å². The van der Waals surface area contributed by atoms with E-state index in [0.717, 1.165) is 22.6 Å². The molecular weight excluding hydrogens is 466 g/mol. The number of anilines is 2. The fraction of sp³-hybridized carbons (Fsp3) is 0.0385. The Morgan fingerprint density at radius 1 is 1.06 bits per heavy atom. The summed E-state index contributed by atoms with van der Waals surface area (Å²) in [6.07, 6.45) is 3.64. The number of nitrogens with zero attached hydrogens (tertiary/aromatic N) is 2. The van der Waals surface area contributed by atoms with Gasteiger partial charge in [0.15, 0.2) is 5.58 Å². The van der Waals surface area contributed by atoms with Crippen molar-refractivity contribution in [2.75, 3.05) is 10.6 Å². The molecule has 3 heterocycles. The summed E-state index contributed by atoms with van der Waals surface area (Å²) in [7, 11) is 1.94. The number of oxazole rings is 1. The molecular formula is C26H18ClN5O3. The molecule has 1 aliphatic heterocycles. The van der Waals surface area contributed by atoms with Crippen LogP contribution in [0.3, 0.4) is 0 Å². The third-order valence-electron chi connectivity index (χ3n) is 5.92. The number of aromatic amines is 1. The van der Waals surface area contributed by atoms with Crippen LogP contribution in [0.4, 0.5) is 11.4 Å². The molecule has 3 N–H and O–H groups in total. The van der Waals surface area contributed by atoms with E-state index in [-0.39, 0.29) is 5.91 Å². The van der Waals surface area contributed by atoms with Crippen molar-refractivity contribution in [2.45, 2.75) is 0 Å². The molecule has 6 rings (SSSR count). The number of fused-ring (bicyclic) bond motifs is 2. The van der Waals surface area contributed by atoms with Crippen LogP contribution < -0.4 is 16.4 Å². The van der Waals surface area contributed by atoms with Crippen LogP contribution in [0.15, 0.2) is 82.3 Å². The van der Waals surface area contributed by atoms with E-state index in [0.29, 0.717) is 38.6 Å².